The third-order valence-corrected chi connectivity index (χ3v) is 6.72. The highest BCUT2D eigenvalue weighted by Gasteiger charge is 2.37. The molecule has 3 heterocycles. The van der Waals surface area contributed by atoms with Crippen LogP contribution in [0.25, 0.3) is 11.0 Å². The van der Waals surface area contributed by atoms with Crippen LogP contribution in [0.4, 0.5) is 0 Å². The molecule has 2 unspecified atom stereocenters. The minimum Gasteiger partial charge on any atom is -0.496 e. The van der Waals surface area contributed by atoms with Crippen LogP contribution in [-0.2, 0) is 11.3 Å². The number of nitrogens with one attached hydrogen (secondary N) is 2. The molecule has 1 saturated carbocycles. The van der Waals surface area contributed by atoms with Crippen LogP contribution in [0.3, 0.4) is 0 Å². The summed E-state index contributed by atoms with van der Waals surface area (Å²) in [6.45, 7) is 6.67. The van der Waals surface area contributed by atoms with Gasteiger partial charge in [0.15, 0.2) is 0 Å². The molecule has 1 fully saturated rings. The number of fused-ring (bicyclic) bond motifs is 1. The molecule has 8 nitrogen and oxygen atoms in total. The van der Waals surface area contributed by atoms with Gasteiger partial charge in [-0.1, -0.05) is 0 Å². The Morgan fingerprint density at radius 3 is 2.76 bits per heavy atom. The SMILES string of the molecule is COCC(C1CC1)C(C)n1c(C)c(C(=O)NCc2c(OC)cc(C)[nH]c2=O)c2cccnc21. The molecule has 0 saturated heterocycles. The highest BCUT2D eigenvalue weighted by Crippen LogP contribution is 2.44. The summed E-state index contributed by atoms with van der Waals surface area (Å²) in [5.74, 6) is 1.21. The Kier molecular flexibility index (Phi) is 6.56. The fourth-order valence-electron chi connectivity index (χ4n) is 4.91. The lowest BCUT2D eigenvalue weighted by atomic mass is 9.96. The summed E-state index contributed by atoms with van der Waals surface area (Å²) >= 11 is 0. The maximum atomic E-state index is 13.4. The van der Waals surface area contributed by atoms with E-state index in [-0.39, 0.29) is 24.1 Å². The van der Waals surface area contributed by atoms with Crippen molar-refractivity contribution in [2.75, 3.05) is 20.8 Å². The summed E-state index contributed by atoms with van der Waals surface area (Å²) < 4.78 is 13.1. The zero-order valence-corrected chi connectivity index (χ0v) is 19.9. The molecule has 33 heavy (non-hydrogen) atoms. The molecule has 176 valence electrons. The number of carbonyl (C=O) groups excluding carboxylic acids is 1. The monoisotopic (exact) mass is 452 g/mol. The van der Waals surface area contributed by atoms with E-state index in [1.165, 1.54) is 20.0 Å². The molecular formula is C25H32N4O4. The summed E-state index contributed by atoms with van der Waals surface area (Å²) in [6.07, 6.45) is 4.18. The lowest BCUT2D eigenvalue weighted by Gasteiger charge is -2.26. The van der Waals surface area contributed by atoms with Gasteiger partial charge in [0.2, 0.25) is 0 Å². The zero-order valence-electron chi connectivity index (χ0n) is 19.9. The van der Waals surface area contributed by atoms with Gasteiger partial charge in [0.05, 0.1) is 31.4 Å². The normalized spacial score (nSPS) is 15.4. The molecule has 0 aromatic carbocycles. The Labute approximate surface area is 193 Å². The average molecular weight is 453 g/mol. The predicted octanol–water partition coefficient (Wildman–Crippen LogP) is 3.51. The maximum absolute atomic E-state index is 13.4. The summed E-state index contributed by atoms with van der Waals surface area (Å²) in [6, 6.07) is 5.65. The van der Waals surface area contributed by atoms with E-state index < -0.39 is 0 Å². The molecule has 0 bridgehead atoms. The molecule has 3 aromatic rings. The van der Waals surface area contributed by atoms with E-state index in [0.717, 1.165) is 16.7 Å². The Hall–Kier alpha value is -3.13. The quantitative estimate of drug-likeness (QED) is 0.518. The number of pyridine rings is 2. The van der Waals surface area contributed by atoms with Crippen LogP contribution in [0.5, 0.6) is 5.75 Å². The van der Waals surface area contributed by atoms with Crippen molar-refractivity contribution in [3.63, 3.8) is 0 Å². The third-order valence-electron chi connectivity index (χ3n) is 6.72. The van der Waals surface area contributed by atoms with Crippen molar-refractivity contribution in [2.24, 2.45) is 11.8 Å². The Morgan fingerprint density at radius 1 is 1.33 bits per heavy atom. The van der Waals surface area contributed by atoms with Gasteiger partial charge in [0.25, 0.3) is 11.5 Å². The number of aromatic amines is 1. The molecule has 0 spiro atoms. The fourth-order valence-corrected chi connectivity index (χ4v) is 4.91. The van der Waals surface area contributed by atoms with Gasteiger partial charge < -0.3 is 24.3 Å². The first-order valence-corrected chi connectivity index (χ1v) is 11.4. The summed E-state index contributed by atoms with van der Waals surface area (Å²) in [7, 11) is 3.25. The number of ether oxygens (including phenoxy) is 2. The van der Waals surface area contributed by atoms with E-state index in [1.54, 1.807) is 26.3 Å². The third kappa shape index (κ3) is 4.39. The average Bonchev–Trinajstić information content (AvgIpc) is 3.58. The van der Waals surface area contributed by atoms with Gasteiger partial charge in [-0.15, -0.1) is 0 Å². The van der Waals surface area contributed by atoms with Gasteiger partial charge in [-0.2, -0.15) is 0 Å². The van der Waals surface area contributed by atoms with Gasteiger partial charge in [-0.3, -0.25) is 9.59 Å². The number of hydrogen-bond acceptors (Lipinski definition) is 5. The lowest BCUT2D eigenvalue weighted by Crippen LogP contribution is -2.28. The van der Waals surface area contributed by atoms with E-state index in [2.05, 4.69) is 26.8 Å². The minimum atomic E-state index is -0.270. The van der Waals surface area contributed by atoms with Crippen LogP contribution < -0.4 is 15.6 Å². The van der Waals surface area contributed by atoms with Crippen LogP contribution >= 0.6 is 0 Å². The van der Waals surface area contributed by atoms with Gasteiger partial charge >= 0.3 is 0 Å². The number of carbonyl (C=O) groups is 1. The van der Waals surface area contributed by atoms with Gasteiger partial charge in [-0.25, -0.2) is 4.98 Å². The number of rotatable bonds is 9. The Balaban J connectivity index is 1.68. The Bertz CT molecular complexity index is 1230. The van der Waals surface area contributed by atoms with E-state index in [0.29, 0.717) is 41.0 Å². The molecule has 2 N–H and O–H groups in total. The topological polar surface area (TPSA) is 98.2 Å². The highest BCUT2D eigenvalue weighted by molar-refractivity contribution is 6.07. The van der Waals surface area contributed by atoms with Gasteiger partial charge in [-0.05, 0) is 57.7 Å². The van der Waals surface area contributed by atoms with E-state index in [1.807, 2.05) is 19.1 Å². The van der Waals surface area contributed by atoms with Gasteiger partial charge in [0.1, 0.15) is 11.4 Å². The van der Waals surface area contributed by atoms with E-state index in [9.17, 15) is 9.59 Å². The van der Waals surface area contributed by atoms with E-state index >= 15 is 0 Å². The number of hydrogen-bond donors (Lipinski definition) is 2. The molecule has 1 aliphatic carbocycles. The van der Waals surface area contributed by atoms with Crippen LogP contribution in [0.1, 0.15) is 53.1 Å². The maximum Gasteiger partial charge on any atom is 0.256 e. The molecule has 1 aliphatic rings. The molecule has 3 aromatic heterocycles. The number of aromatic nitrogens is 3. The first-order valence-electron chi connectivity index (χ1n) is 11.4. The van der Waals surface area contributed by atoms with Crippen molar-refractivity contribution in [3.05, 3.63) is 57.3 Å². The minimum absolute atomic E-state index is 0.0634. The molecule has 0 aliphatic heterocycles. The number of amides is 1. The van der Waals surface area contributed by atoms with Crippen LogP contribution in [-0.4, -0.2) is 41.3 Å². The van der Waals surface area contributed by atoms with Gasteiger partial charge in [0, 0.05) is 42.0 Å². The lowest BCUT2D eigenvalue weighted by molar-refractivity contribution is 0.0950. The molecule has 8 heteroatoms. The fraction of sp³-hybridized carbons (Fsp3) is 0.480. The number of methoxy groups -OCH3 is 2. The largest absolute Gasteiger partial charge is 0.496 e. The molecule has 0 radical (unpaired) electrons. The number of aryl methyl sites for hydroxylation is 1. The van der Waals surface area contributed by atoms with Crippen LogP contribution in [0.2, 0.25) is 0 Å². The smallest absolute Gasteiger partial charge is 0.256 e. The summed E-state index contributed by atoms with van der Waals surface area (Å²) in [5, 5.41) is 3.72. The molecular weight excluding hydrogens is 420 g/mol. The Morgan fingerprint density at radius 2 is 2.09 bits per heavy atom. The van der Waals surface area contributed by atoms with Crippen LogP contribution in [0.15, 0.2) is 29.2 Å². The molecule has 4 rings (SSSR count). The zero-order chi connectivity index (χ0) is 23.7. The molecule has 1 amide bonds. The van der Waals surface area contributed by atoms with E-state index in [4.69, 9.17) is 9.47 Å². The van der Waals surface area contributed by atoms with Crippen molar-refractivity contribution in [2.45, 2.75) is 46.2 Å². The number of nitrogens with zero attached hydrogens (tertiary/aromatic N) is 2. The number of H-pyrrole nitrogens is 1. The van der Waals surface area contributed by atoms with Crippen LogP contribution in [0, 0.1) is 25.7 Å². The second-order valence-electron chi connectivity index (χ2n) is 8.91. The molecule has 2 atom stereocenters. The summed E-state index contributed by atoms with van der Waals surface area (Å²) in [5.41, 5.74) is 3.05. The summed E-state index contributed by atoms with van der Waals surface area (Å²) in [4.78, 5) is 33.2. The van der Waals surface area contributed by atoms with Crippen molar-refractivity contribution < 1.29 is 14.3 Å². The first kappa shape index (κ1) is 23.0. The van der Waals surface area contributed by atoms with Crippen molar-refractivity contribution >= 4 is 16.9 Å². The first-order chi connectivity index (χ1) is 15.9. The standard InChI is InChI=1S/C25H32N4O4/c1-14-11-21(33-5)19(24(30)28-14)12-27-25(31)22-16(3)29(23-18(22)7-6-10-26-23)15(2)20(13-32-4)17-8-9-17/h6-7,10-11,15,17,20H,8-9,12-13H2,1-5H3,(H,27,31)(H,28,30). The second kappa shape index (κ2) is 9.39. The highest BCUT2D eigenvalue weighted by atomic mass is 16.5. The van der Waals surface area contributed by atoms with Crippen molar-refractivity contribution in [3.8, 4) is 5.75 Å². The van der Waals surface area contributed by atoms with Crippen molar-refractivity contribution in [1.29, 1.82) is 0 Å². The second-order valence-corrected chi connectivity index (χ2v) is 8.91. The predicted molar refractivity (Wildman–Crippen MR) is 127 cm³/mol. The van der Waals surface area contributed by atoms with Crippen molar-refractivity contribution in [1.82, 2.24) is 19.9 Å².